The number of guanidine groups is 1. The number of aryl methyl sites for hydroxylation is 2. The van der Waals surface area contributed by atoms with E-state index in [1.807, 2.05) is 14.0 Å². The van der Waals surface area contributed by atoms with Crippen molar-refractivity contribution >= 4 is 41.3 Å². The van der Waals surface area contributed by atoms with Crippen molar-refractivity contribution in [2.75, 3.05) is 26.7 Å². The largest absolute Gasteiger partial charge is 0.377 e. The smallest absolute Gasteiger partial charge is 0.190 e. The first kappa shape index (κ1) is 23.6. The lowest BCUT2D eigenvalue weighted by atomic mass is 9.78. The molecule has 26 heavy (non-hydrogen) atoms. The van der Waals surface area contributed by atoms with Crippen LogP contribution in [-0.2, 0) is 11.2 Å². The van der Waals surface area contributed by atoms with Crippen LogP contribution in [0.1, 0.15) is 50.7 Å². The number of hydrogen-bond acceptors (Lipinski definition) is 4. The summed E-state index contributed by atoms with van der Waals surface area (Å²) in [6.07, 6.45) is 4.75. The van der Waals surface area contributed by atoms with Crippen LogP contribution in [-0.4, -0.2) is 43.8 Å². The van der Waals surface area contributed by atoms with Gasteiger partial charge in [0.25, 0.3) is 0 Å². The summed E-state index contributed by atoms with van der Waals surface area (Å²) in [5.41, 5.74) is 1.30. The van der Waals surface area contributed by atoms with E-state index in [-0.39, 0.29) is 29.4 Å². The van der Waals surface area contributed by atoms with Crippen LogP contribution >= 0.6 is 35.3 Å². The van der Waals surface area contributed by atoms with E-state index in [0.29, 0.717) is 12.0 Å². The van der Waals surface area contributed by atoms with E-state index in [1.165, 1.54) is 11.4 Å². The summed E-state index contributed by atoms with van der Waals surface area (Å²) in [6.45, 7) is 11.6. The van der Waals surface area contributed by atoms with Crippen molar-refractivity contribution in [2.45, 2.75) is 59.5 Å². The van der Waals surface area contributed by atoms with Crippen LogP contribution < -0.4 is 10.6 Å². The molecule has 150 valence electrons. The fourth-order valence-electron chi connectivity index (χ4n) is 3.42. The summed E-state index contributed by atoms with van der Waals surface area (Å²) in [5.74, 6) is 1.42. The minimum atomic E-state index is 0. The number of halogens is 1. The number of thiazole rings is 1. The first-order valence-electron chi connectivity index (χ1n) is 9.37. The van der Waals surface area contributed by atoms with Crippen molar-refractivity contribution in [3.63, 3.8) is 0 Å². The van der Waals surface area contributed by atoms with E-state index in [4.69, 9.17) is 4.74 Å². The van der Waals surface area contributed by atoms with Gasteiger partial charge in [-0.05, 0) is 31.6 Å². The average Bonchev–Trinajstić information content (AvgIpc) is 2.99. The zero-order chi connectivity index (χ0) is 18.3. The molecule has 2 atom stereocenters. The Hall–Kier alpha value is -0.410. The van der Waals surface area contributed by atoms with E-state index in [2.05, 4.69) is 46.8 Å². The molecule has 2 heterocycles. The second kappa shape index (κ2) is 11.4. The number of nitrogens with zero attached hydrogens (tertiary/aromatic N) is 2. The van der Waals surface area contributed by atoms with Crippen LogP contribution in [0.4, 0.5) is 0 Å². The van der Waals surface area contributed by atoms with Gasteiger partial charge in [-0.1, -0.05) is 20.8 Å². The highest BCUT2D eigenvalue weighted by molar-refractivity contribution is 14.0. The molecule has 2 unspecified atom stereocenters. The van der Waals surface area contributed by atoms with Crippen LogP contribution in [0.3, 0.4) is 0 Å². The van der Waals surface area contributed by atoms with E-state index in [0.717, 1.165) is 50.6 Å². The number of aromatic nitrogens is 1. The Morgan fingerprint density at radius 2 is 2.15 bits per heavy atom. The minimum absolute atomic E-state index is 0. The normalized spacial score (nSPS) is 21.2. The lowest BCUT2D eigenvalue weighted by Crippen LogP contribution is -2.47. The Bertz CT molecular complexity index is 556. The maximum Gasteiger partial charge on any atom is 0.190 e. The maximum atomic E-state index is 6.06. The second-order valence-electron chi connectivity index (χ2n) is 7.93. The molecule has 0 bridgehead atoms. The van der Waals surface area contributed by atoms with E-state index < -0.39 is 0 Å². The molecule has 0 saturated carbocycles. The summed E-state index contributed by atoms with van der Waals surface area (Å²) < 4.78 is 6.06. The van der Waals surface area contributed by atoms with Crippen LogP contribution in [0.2, 0.25) is 0 Å². The Balaban J connectivity index is 0.00000338. The average molecular weight is 494 g/mol. The molecule has 1 fully saturated rings. The van der Waals surface area contributed by atoms with Gasteiger partial charge >= 0.3 is 0 Å². The SMILES string of the molecule is CN=C(NCCCc1nc(C)cs1)NCC1CCCOC1C(C)(C)C.I. The van der Waals surface area contributed by atoms with Gasteiger partial charge in [-0.15, -0.1) is 35.3 Å². The molecular weight excluding hydrogens is 459 g/mol. The zero-order valence-electron chi connectivity index (χ0n) is 16.8. The number of rotatable bonds is 6. The summed E-state index contributed by atoms with van der Waals surface area (Å²) in [5, 5.41) is 10.2. The lowest BCUT2D eigenvalue weighted by Gasteiger charge is -2.40. The van der Waals surface area contributed by atoms with E-state index in [1.54, 1.807) is 11.3 Å². The Labute approximate surface area is 179 Å². The van der Waals surface area contributed by atoms with Crippen LogP contribution in [0.25, 0.3) is 0 Å². The topological polar surface area (TPSA) is 58.5 Å². The van der Waals surface area contributed by atoms with Gasteiger partial charge in [-0.3, -0.25) is 4.99 Å². The molecule has 0 aromatic carbocycles. The number of aliphatic imine (C=N–C) groups is 1. The first-order valence-corrected chi connectivity index (χ1v) is 10.2. The minimum Gasteiger partial charge on any atom is -0.377 e. The highest BCUT2D eigenvalue weighted by Crippen LogP contribution is 2.33. The molecule has 5 nitrogen and oxygen atoms in total. The molecule has 0 radical (unpaired) electrons. The quantitative estimate of drug-likeness (QED) is 0.272. The lowest BCUT2D eigenvalue weighted by molar-refractivity contribution is -0.0835. The molecule has 0 spiro atoms. The summed E-state index contributed by atoms with van der Waals surface area (Å²) in [7, 11) is 1.83. The summed E-state index contributed by atoms with van der Waals surface area (Å²) in [4.78, 5) is 8.86. The predicted octanol–water partition coefficient (Wildman–Crippen LogP) is 4.01. The van der Waals surface area contributed by atoms with Gasteiger partial charge in [0, 0.05) is 50.2 Å². The molecule has 0 amide bonds. The van der Waals surface area contributed by atoms with Gasteiger partial charge in [0.2, 0.25) is 0 Å². The van der Waals surface area contributed by atoms with Crippen LogP contribution in [0.15, 0.2) is 10.4 Å². The van der Waals surface area contributed by atoms with E-state index >= 15 is 0 Å². The van der Waals surface area contributed by atoms with Crippen LogP contribution in [0.5, 0.6) is 0 Å². The molecule has 1 aliphatic heterocycles. The van der Waals surface area contributed by atoms with Gasteiger partial charge in [-0.25, -0.2) is 4.98 Å². The highest BCUT2D eigenvalue weighted by atomic mass is 127. The molecule has 7 heteroatoms. The monoisotopic (exact) mass is 494 g/mol. The summed E-state index contributed by atoms with van der Waals surface area (Å²) in [6, 6.07) is 0. The third-order valence-electron chi connectivity index (χ3n) is 4.58. The van der Waals surface area contributed by atoms with E-state index in [9.17, 15) is 0 Å². The fourth-order valence-corrected chi connectivity index (χ4v) is 4.24. The fraction of sp³-hybridized carbons (Fsp3) is 0.789. The van der Waals surface area contributed by atoms with Gasteiger partial charge in [-0.2, -0.15) is 0 Å². The molecule has 2 rings (SSSR count). The van der Waals surface area contributed by atoms with Crippen LogP contribution in [0, 0.1) is 18.3 Å². The standard InChI is InChI=1S/C19H34N4OS.HI/c1-14-13-25-16(23-14)9-6-10-21-18(20-5)22-12-15-8-7-11-24-17(15)19(2,3)4;/h13,15,17H,6-12H2,1-5H3,(H2,20,21,22);1H. The van der Waals surface area contributed by atoms with Crippen molar-refractivity contribution in [1.29, 1.82) is 0 Å². The van der Waals surface area contributed by atoms with Gasteiger partial charge in [0.05, 0.1) is 11.1 Å². The van der Waals surface area contributed by atoms with Crippen molar-refractivity contribution in [3.05, 3.63) is 16.1 Å². The van der Waals surface area contributed by atoms with Crippen molar-refractivity contribution < 1.29 is 4.74 Å². The molecule has 1 aromatic heterocycles. The van der Waals surface area contributed by atoms with Gasteiger partial charge in [0.15, 0.2) is 5.96 Å². The number of nitrogens with one attached hydrogen (secondary N) is 2. The molecule has 1 aromatic rings. The summed E-state index contributed by atoms with van der Waals surface area (Å²) >= 11 is 1.75. The number of ether oxygens (including phenoxy) is 1. The van der Waals surface area contributed by atoms with Gasteiger partial charge in [0.1, 0.15) is 0 Å². The molecular formula is C19H35IN4OS. The molecule has 0 aliphatic carbocycles. The predicted molar refractivity (Wildman–Crippen MR) is 122 cm³/mol. The molecule has 2 N–H and O–H groups in total. The maximum absolute atomic E-state index is 6.06. The highest BCUT2D eigenvalue weighted by Gasteiger charge is 2.35. The van der Waals surface area contributed by atoms with Gasteiger partial charge < -0.3 is 15.4 Å². The Morgan fingerprint density at radius 3 is 2.77 bits per heavy atom. The third kappa shape index (κ3) is 7.68. The van der Waals surface area contributed by atoms with Crippen molar-refractivity contribution in [1.82, 2.24) is 15.6 Å². The number of hydrogen-bond donors (Lipinski definition) is 2. The Morgan fingerprint density at radius 1 is 1.38 bits per heavy atom. The zero-order valence-corrected chi connectivity index (χ0v) is 19.9. The Kier molecular flexibility index (Phi) is 10.4. The first-order chi connectivity index (χ1) is 11.9. The van der Waals surface area contributed by atoms with Crippen molar-refractivity contribution in [3.8, 4) is 0 Å². The second-order valence-corrected chi connectivity index (χ2v) is 8.87. The molecule has 1 saturated heterocycles. The third-order valence-corrected chi connectivity index (χ3v) is 5.61. The van der Waals surface area contributed by atoms with Crippen molar-refractivity contribution in [2.24, 2.45) is 16.3 Å². The molecule has 1 aliphatic rings.